The predicted molar refractivity (Wildman–Crippen MR) is 107 cm³/mol. The van der Waals surface area contributed by atoms with E-state index < -0.39 is 0 Å². The molecule has 4 aromatic rings. The molecule has 0 aliphatic carbocycles. The van der Waals surface area contributed by atoms with Crippen molar-refractivity contribution in [1.29, 1.82) is 0 Å². The average molecular weight is 446 g/mol. The van der Waals surface area contributed by atoms with Gasteiger partial charge in [0.25, 0.3) is 0 Å². The van der Waals surface area contributed by atoms with Crippen LogP contribution in [-0.2, 0) is 12.9 Å². The summed E-state index contributed by atoms with van der Waals surface area (Å²) >= 11 is 0.382. The SMILES string of the molecule is COc1cc(OC)cc(-c2ccc3ccc4cccnc4c3n2)c1.[Cl][Co][Cl]. The van der Waals surface area contributed by atoms with Crippen LogP contribution in [0.25, 0.3) is 33.1 Å². The van der Waals surface area contributed by atoms with Crippen LogP contribution in [-0.4, -0.2) is 24.2 Å². The Morgan fingerprint density at radius 3 is 2.04 bits per heavy atom. The van der Waals surface area contributed by atoms with Crippen LogP contribution in [0.15, 0.2) is 60.8 Å². The Hall–Kier alpha value is -2.05. The number of benzene rings is 2. The third-order valence-electron chi connectivity index (χ3n) is 4.08. The van der Waals surface area contributed by atoms with Gasteiger partial charge in [-0.15, -0.1) is 0 Å². The first-order chi connectivity index (χ1) is 13.2. The minimum atomic E-state index is 0.382. The van der Waals surface area contributed by atoms with Gasteiger partial charge in [0.15, 0.2) is 0 Å². The monoisotopic (exact) mass is 445 g/mol. The van der Waals surface area contributed by atoms with Crippen LogP contribution in [0.3, 0.4) is 0 Å². The standard InChI is InChI=1S/C20H16N2O2.2ClH.Co/c1-23-16-10-15(11-17(12-16)24-2)18-8-7-14-6-5-13-4-3-9-21-19(13)20(14)22-18;;;/h3-12H,1-2H3;2*1H;/q;;;+2/p-2. The van der Waals surface area contributed by atoms with Crippen LogP contribution in [0.1, 0.15) is 0 Å². The molecule has 0 unspecified atom stereocenters. The number of halogens is 2. The van der Waals surface area contributed by atoms with Crippen molar-refractivity contribution in [2.24, 2.45) is 0 Å². The first-order valence-electron chi connectivity index (χ1n) is 7.91. The van der Waals surface area contributed by atoms with Gasteiger partial charge in [0.05, 0.1) is 30.9 Å². The van der Waals surface area contributed by atoms with Gasteiger partial charge >= 0.3 is 33.2 Å². The van der Waals surface area contributed by atoms with Crippen molar-refractivity contribution in [3.8, 4) is 22.8 Å². The molecule has 4 rings (SSSR count). The van der Waals surface area contributed by atoms with Crippen molar-refractivity contribution in [3.63, 3.8) is 0 Å². The summed E-state index contributed by atoms with van der Waals surface area (Å²) in [6, 6.07) is 18.0. The maximum atomic E-state index is 5.36. The molecule has 0 amide bonds. The van der Waals surface area contributed by atoms with Gasteiger partial charge in [0, 0.05) is 28.6 Å². The summed E-state index contributed by atoms with van der Waals surface area (Å²) in [7, 11) is 12.8. The molecule has 141 valence electrons. The second-order valence-electron chi connectivity index (χ2n) is 5.56. The molecule has 2 aromatic carbocycles. The molecule has 0 saturated heterocycles. The van der Waals surface area contributed by atoms with Gasteiger partial charge in [-0.1, -0.05) is 24.3 Å². The Morgan fingerprint density at radius 2 is 1.41 bits per heavy atom. The fourth-order valence-electron chi connectivity index (χ4n) is 2.84. The first-order valence-corrected chi connectivity index (χ1v) is 10.8. The van der Waals surface area contributed by atoms with Crippen LogP contribution in [0, 0.1) is 0 Å². The summed E-state index contributed by atoms with van der Waals surface area (Å²) < 4.78 is 10.7. The molecule has 2 heterocycles. The molecular weight excluding hydrogens is 430 g/mol. The van der Waals surface area contributed by atoms with Crippen LogP contribution in [0.4, 0.5) is 0 Å². The number of fused-ring (bicyclic) bond motifs is 3. The number of pyridine rings is 2. The van der Waals surface area contributed by atoms with Gasteiger partial charge in [0.2, 0.25) is 0 Å². The fourth-order valence-corrected chi connectivity index (χ4v) is 2.84. The molecule has 0 aliphatic rings. The number of methoxy groups -OCH3 is 2. The topological polar surface area (TPSA) is 44.2 Å². The minimum absolute atomic E-state index is 0.382. The molecular formula is C20H16Cl2CoN2O2. The van der Waals surface area contributed by atoms with E-state index in [4.69, 9.17) is 34.8 Å². The van der Waals surface area contributed by atoms with E-state index in [0.717, 1.165) is 44.6 Å². The van der Waals surface area contributed by atoms with E-state index >= 15 is 0 Å². The molecule has 27 heavy (non-hydrogen) atoms. The van der Waals surface area contributed by atoms with E-state index in [2.05, 4.69) is 23.2 Å². The summed E-state index contributed by atoms with van der Waals surface area (Å²) in [5.41, 5.74) is 3.61. The maximum absolute atomic E-state index is 5.36. The van der Waals surface area contributed by atoms with E-state index in [9.17, 15) is 0 Å². The summed E-state index contributed by atoms with van der Waals surface area (Å²) in [4.78, 5) is 9.35. The van der Waals surface area contributed by atoms with E-state index in [1.54, 1.807) is 20.4 Å². The Kier molecular flexibility index (Phi) is 6.74. The molecule has 7 heteroatoms. The number of hydrogen-bond donors (Lipinski definition) is 0. The fraction of sp³-hybridized carbons (Fsp3) is 0.100. The molecule has 0 saturated carbocycles. The zero-order chi connectivity index (χ0) is 19.2. The molecule has 0 fully saturated rings. The predicted octanol–water partition coefficient (Wildman–Crippen LogP) is 5.84. The number of nitrogens with zero attached hydrogens (tertiary/aromatic N) is 2. The first kappa shape index (κ1) is 19.7. The van der Waals surface area contributed by atoms with Gasteiger partial charge < -0.3 is 9.47 Å². The van der Waals surface area contributed by atoms with E-state index in [-0.39, 0.29) is 0 Å². The van der Waals surface area contributed by atoms with E-state index in [1.165, 1.54) is 0 Å². The molecule has 0 aliphatic heterocycles. The quantitative estimate of drug-likeness (QED) is 0.371. The summed E-state index contributed by atoms with van der Waals surface area (Å²) in [6.07, 6.45) is 1.80. The molecule has 0 atom stereocenters. The molecule has 0 N–H and O–H groups in total. The summed E-state index contributed by atoms with van der Waals surface area (Å²) in [5, 5.41) is 2.15. The second-order valence-corrected chi connectivity index (χ2v) is 7.28. The van der Waals surface area contributed by atoms with Gasteiger partial charge in [-0.2, -0.15) is 0 Å². The number of hydrogen-bond acceptors (Lipinski definition) is 4. The van der Waals surface area contributed by atoms with Gasteiger partial charge in [0.1, 0.15) is 11.5 Å². The molecule has 2 aromatic heterocycles. The van der Waals surface area contributed by atoms with E-state index in [1.807, 2.05) is 36.4 Å². The Balaban J connectivity index is 0.000000659. The van der Waals surface area contributed by atoms with Crippen molar-refractivity contribution in [3.05, 3.63) is 60.8 Å². The molecule has 4 nitrogen and oxygen atoms in total. The van der Waals surface area contributed by atoms with Crippen LogP contribution >= 0.6 is 20.3 Å². The third kappa shape index (κ3) is 4.44. The Bertz CT molecular complexity index is 1050. The van der Waals surface area contributed by atoms with Gasteiger partial charge in [-0.3, -0.25) is 4.98 Å². The Morgan fingerprint density at radius 1 is 0.815 bits per heavy atom. The third-order valence-corrected chi connectivity index (χ3v) is 4.08. The van der Waals surface area contributed by atoms with Gasteiger partial charge in [-0.05, 0) is 24.3 Å². The summed E-state index contributed by atoms with van der Waals surface area (Å²) in [5.74, 6) is 1.48. The average Bonchev–Trinajstić information content (AvgIpc) is 2.73. The van der Waals surface area contributed by atoms with Crippen molar-refractivity contribution < 1.29 is 22.4 Å². The van der Waals surface area contributed by atoms with Crippen LogP contribution < -0.4 is 9.47 Å². The second kappa shape index (κ2) is 9.24. The molecule has 0 bridgehead atoms. The van der Waals surface area contributed by atoms with Crippen LogP contribution in [0.5, 0.6) is 11.5 Å². The number of rotatable bonds is 3. The van der Waals surface area contributed by atoms with Crippen molar-refractivity contribution >= 4 is 42.1 Å². The normalized spacial score (nSPS) is 10.5. The molecule has 0 spiro atoms. The summed E-state index contributed by atoms with van der Waals surface area (Å²) in [6.45, 7) is 0. The number of ether oxygens (including phenoxy) is 2. The zero-order valence-electron chi connectivity index (χ0n) is 14.6. The van der Waals surface area contributed by atoms with Crippen molar-refractivity contribution in [1.82, 2.24) is 9.97 Å². The van der Waals surface area contributed by atoms with E-state index in [0.29, 0.717) is 12.9 Å². The molecule has 0 radical (unpaired) electrons. The Labute approximate surface area is 171 Å². The van der Waals surface area contributed by atoms with Gasteiger partial charge in [-0.25, -0.2) is 4.98 Å². The van der Waals surface area contributed by atoms with Crippen LogP contribution in [0.2, 0.25) is 0 Å². The zero-order valence-corrected chi connectivity index (χ0v) is 17.1. The van der Waals surface area contributed by atoms with Crippen molar-refractivity contribution in [2.75, 3.05) is 14.2 Å². The number of aromatic nitrogens is 2. The van der Waals surface area contributed by atoms with Crippen molar-refractivity contribution in [2.45, 2.75) is 0 Å².